The van der Waals surface area contributed by atoms with Crippen LogP contribution in [0.5, 0.6) is 5.75 Å². The first kappa shape index (κ1) is 19.6. The van der Waals surface area contributed by atoms with Gasteiger partial charge in [0.1, 0.15) is 10.6 Å². The highest BCUT2D eigenvalue weighted by Gasteiger charge is 2.43. The van der Waals surface area contributed by atoms with Crippen molar-refractivity contribution in [1.29, 1.82) is 0 Å². The van der Waals surface area contributed by atoms with E-state index in [4.69, 9.17) is 4.52 Å². The fourth-order valence-electron chi connectivity index (χ4n) is 3.21. The maximum Gasteiger partial charge on any atom is 0.573 e. The molecule has 0 radical (unpaired) electrons. The van der Waals surface area contributed by atoms with Crippen LogP contribution in [0.25, 0.3) is 0 Å². The standard InChI is InChI=1S/C16H18F3N3O4S/c1-11-20-14(21-26-11)15(9-5-2-6-10-15)22-27(23,24)13-8-4-3-7-12(13)25-16(17,18)19/h3-4,7-8,22H,2,5-6,9-10H2,1H3. The van der Waals surface area contributed by atoms with Crippen LogP contribution in [-0.4, -0.2) is 24.9 Å². The average molecular weight is 405 g/mol. The van der Waals surface area contributed by atoms with Crippen molar-refractivity contribution in [2.75, 3.05) is 0 Å². The quantitative estimate of drug-likeness (QED) is 0.819. The number of halogens is 3. The number of rotatable bonds is 5. The van der Waals surface area contributed by atoms with Crippen LogP contribution < -0.4 is 9.46 Å². The van der Waals surface area contributed by atoms with E-state index >= 15 is 0 Å². The molecule has 1 aliphatic rings. The van der Waals surface area contributed by atoms with Gasteiger partial charge in [0, 0.05) is 6.92 Å². The van der Waals surface area contributed by atoms with Crippen LogP contribution in [0.3, 0.4) is 0 Å². The summed E-state index contributed by atoms with van der Waals surface area (Å²) >= 11 is 0. The molecule has 27 heavy (non-hydrogen) atoms. The molecule has 1 saturated carbocycles. The molecular formula is C16H18F3N3O4S. The molecule has 0 bridgehead atoms. The predicted molar refractivity (Wildman–Crippen MR) is 87.2 cm³/mol. The van der Waals surface area contributed by atoms with E-state index < -0.39 is 32.6 Å². The highest BCUT2D eigenvalue weighted by atomic mass is 32.2. The van der Waals surface area contributed by atoms with Crippen molar-refractivity contribution in [2.24, 2.45) is 0 Å². The van der Waals surface area contributed by atoms with Crippen LogP contribution in [0.15, 0.2) is 33.7 Å². The summed E-state index contributed by atoms with van der Waals surface area (Å²) in [7, 11) is -4.36. The molecule has 0 atom stereocenters. The average Bonchev–Trinajstić information content (AvgIpc) is 3.01. The number of aromatic nitrogens is 2. The Bertz CT molecular complexity index is 906. The fraction of sp³-hybridized carbons (Fsp3) is 0.500. The zero-order valence-corrected chi connectivity index (χ0v) is 15.2. The number of nitrogens with one attached hydrogen (secondary N) is 1. The molecule has 0 saturated heterocycles. The number of benzene rings is 1. The summed E-state index contributed by atoms with van der Waals surface area (Å²) in [5.74, 6) is -0.347. The number of alkyl halides is 3. The fourth-order valence-corrected chi connectivity index (χ4v) is 4.77. The van der Waals surface area contributed by atoms with Gasteiger partial charge in [-0.2, -0.15) is 9.71 Å². The van der Waals surface area contributed by atoms with E-state index in [1.165, 1.54) is 12.1 Å². The first-order valence-corrected chi connectivity index (χ1v) is 9.79. The van der Waals surface area contributed by atoms with E-state index in [0.29, 0.717) is 12.8 Å². The molecule has 2 aromatic rings. The van der Waals surface area contributed by atoms with Crippen molar-refractivity contribution < 1.29 is 30.8 Å². The minimum absolute atomic E-state index is 0.178. The largest absolute Gasteiger partial charge is 0.573 e. The third-order valence-electron chi connectivity index (χ3n) is 4.36. The van der Waals surface area contributed by atoms with E-state index in [0.717, 1.165) is 31.4 Å². The molecule has 0 unspecified atom stereocenters. The van der Waals surface area contributed by atoms with Crippen LogP contribution in [0.2, 0.25) is 0 Å². The molecule has 1 aromatic carbocycles. The molecule has 3 rings (SSSR count). The highest BCUT2D eigenvalue weighted by molar-refractivity contribution is 7.89. The molecule has 1 N–H and O–H groups in total. The van der Waals surface area contributed by atoms with Gasteiger partial charge in [0.05, 0.1) is 5.54 Å². The van der Waals surface area contributed by atoms with E-state index in [-0.39, 0.29) is 11.7 Å². The molecule has 0 spiro atoms. The number of hydrogen-bond donors (Lipinski definition) is 1. The second-order valence-electron chi connectivity index (χ2n) is 6.38. The summed E-state index contributed by atoms with van der Waals surface area (Å²) in [5.41, 5.74) is -1.14. The van der Waals surface area contributed by atoms with Crippen LogP contribution >= 0.6 is 0 Å². The van der Waals surface area contributed by atoms with Crippen LogP contribution in [0, 0.1) is 6.92 Å². The molecule has 1 fully saturated rings. The number of nitrogens with zero attached hydrogens (tertiary/aromatic N) is 2. The molecule has 11 heteroatoms. The molecule has 1 aliphatic carbocycles. The van der Waals surface area contributed by atoms with Gasteiger partial charge in [0.2, 0.25) is 15.9 Å². The number of hydrogen-bond acceptors (Lipinski definition) is 6. The van der Waals surface area contributed by atoms with Gasteiger partial charge in [-0.1, -0.05) is 36.6 Å². The van der Waals surface area contributed by atoms with Crippen molar-refractivity contribution >= 4 is 10.0 Å². The summed E-state index contributed by atoms with van der Waals surface area (Å²) in [4.78, 5) is 3.55. The zero-order valence-electron chi connectivity index (χ0n) is 14.4. The maximum atomic E-state index is 12.9. The minimum Gasteiger partial charge on any atom is -0.404 e. The highest BCUT2D eigenvalue weighted by Crippen LogP contribution is 2.38. The zero-order chi connectivity index (χ0) is 19.7. The third-order valence-corrected chi connectivity index (χ3v) is 5.93. The molecule has 0 aliphatic heterocycles. The van der Waals surface area contributed by atoms with Crippen LogP contribution in [-0.2, 0) is 15.6 Å². The van der Waals surface area contributed by atoms with Gasteiger partial charge in [-0.05, 0) is 25.0 Å². The summed E-state index contributed by atoms with van der Waals surface area (Å²) in [6.45, 7) is 1.58. The van der Waals surface area contributed by atoms with E-state index in [1.54, 1.807) is 6.92 Å². The summed E-state index contributed by atoms with van der Waals surface area (Å²) in [6.07, 6.45) is -1.85. The first-order valence-electron chi connectivity index (χ1n) is 8.31. The Hall–Kier alpha value is -2.14. The molecule has 148 valence electrons. The van der Waals surface area contributed by atoms with Crippen molar-refractivity contribution in [3.8, 4) is 5.75 Å². The minimum atomic E-state index is -5.01. The van der Waals surface area contributed by atoms with Gasteiger partial charge < -0.3 is 9.26 Å². The number of para-hydroxylation sites is 1. The van der Waals surface area contributed by atoms with Gasteiger partial charge in [0.25, 0.3) is 0 Å². The second-order valence-corrected chi connectivity index (χ2v) is 8.03. The summed E-state index contributed by atoms with van der Waals surface area (Å²) in [6, 6.07) is 4.60. The topological polar surface area (TPSA) is 94.3 Å². The number of sulfonamides is 1. The van der Waals surface area contributed by atoms with Gasteiger partial charge in [-0.15, -0.1) is 13.2 Å². The molecular weight excluding hydrogens is 387 g/mol. The van der Waals surface area contributed by atoms with Gasteiger partial charge in [0.15, 0.2) is 5.82 Å². The number of ether oxygens (including phenoxy) is 1. The lowest BCUT2D eigenvalue weighted by molar-refractivity contribution is -0.275. The lowest BCUT2D eigenvalue weighted by atomic mass is 9.82. The monoisotopic (exact) mass is 405 g/mol. The van der Waals surface area contributed by atoms with Gasteiger partial charge >= 0.3 is 6.36 Å². The smallest absolute Gasteiger partial charge is 0.404 e. The predicted octanol–water partition coefficient (Wildman–Crippen LogP) is 3.41. The summed E-state index contributed by atoms with van der Waals surface area (Å²) < 4.78 is 75.2. The lowest BCUT2D eigenvalue weighted by Crippen LogP contribution is -2.48. The van der Waals surface area contributed by atoms with Crippen LogP contribution in [0.4, 0.5) is 13.2 Å². The Kier molecular flexibility index (Phi) is 5.17. The maximum absolute atomic E-state index is 12.9. The van der Waals surface area contributed by atoms with Gasteiger partial charge in [-0.3, -0.25) is 0 Å². The van der Waals surface area contributed by atoms with Crippen molar-refractivity contribution in [2.45, 2.75) is 55.8 Å². The Morgan fingerprint density at radius 1 is 1.19 bits per heavy atom. The van der Waals surface area contributed by atoms with Crippen molar-refractivity contribution in [3.05, 3.63) is 36.0 Å². The first-order chi connectivity index (χ1) is 12.6. The van der Waals surface area contributed by atoms with E-state index in [2.05, 4.69) is 19.6 Å². The molecule has 1 aromatic heterocycles. The Morgan fingerprint density at radius 3 is 2.44 bits per heavy atom. The van der Waals surface area contributed by atoms with Crippen LogP contribution in [0.1, 0.15) is 43.8 Å². The lowest BCUT2D eigenvalue weighted by Gasteiger charge is -2.35. The second kappa shape index (κ2) is 7.12. The molecule has 0 amide bonds. The van der Waals surface area contributed by atoms with E-state index in [9.17, 15) is 21.6 Å². The van der Waals surface area contributed by atoms with Crippen molar-refractivity contribution in [1.82, 2.24) is 14.9 Å². The van der Waals surface area contributed by atoms with Crippen molar-refractivity contribution in [3.63, 3.8) is 0 Å². The number of aryl methyl sites for hydroxylation is 1. The molecule has 1 heterocycles. The Morgan fingerprint density at radius 2 is 1.85 bits per heavy atom. The molecule has 7 nitrogen and oxygen atoms in total. The summed E-state index contributed by atoms with van der Waals surface area (Å²) in [5, 5.41) is 3.85. The third kappa shape index (κ3) is 4.41. The van der Waals surface area contributed by atoms with Gasteiger partial charge in [-0.25, -0.2) is 8.42 Å². The Balaban J connectivity index is 1.99. The Labute approximate surface area is 154 Å². The SMILES string of the molecule is Cc1nc(C2(NS(=O)(=O)c3ccccc3OC(F)(F)F)CCCCC2)no1. The normalized spacial score (nSPS) is 17.6. The van der Waals surface area contributed by atoms with E-state index in [1.807, 2.05) is 0 Å².